The van der Waals surface area contributed by atoms with Gasteiger partial charge in [-0.15, -0.1) is 0 Å². The lowest BCUT2D eigenvalue weighted by molar-refractivity contribution is 0.0950. The number of hydrogen-bond donors (Lipinski definition) is 2. The van der Waals surface area contributed by atoms with Crippen LogP contribution in [0, 0.1) is 0 Å². The predicted molar refractivity (Wildman–Crippen MR) is 108 cm³/mol. The minimum absolute atomic E-state index is 0.271. The molecule has 0 aliphatic rings. The highest BCUT2D eigenvalue weighted by molar-refractivity contribution is 6.31. The number of aromatic nitrogens is 1. The number of amides is 2. The smallest absolute Gasteiger partial charge is 0.257 e. The molecule has 2 N–H and O–H groups in total. The quantitative estimate of drug-likeness (QED) is 0.662. The number of benzene rings is 2. The lowest BCUT2D eigenvalue weighted by Crippen LogP contribution is -2.23. The maximum Gasteiger partial charge on any atom is 0.257 e. The largest absolute Gasteiger partial charge is 0.497 e. The van der Waals surface area contributed by atoms with Crippen LogP contribution in [-0.4, -0.2) is 23.9 Å². The lowest BCUT2D eigenvalue weighted by atomic mass is 10.1. The summed E-state index contributed by atoms with van der Waals surface area (Å²) in [5.74, 6) is -0.0893. The molecule has 0 fully saturated rings. The normalized spacial score (nSPS) is 10.2. The predicted octanol–water partition coefficient (Wildman–Crippen LogP) is 3.93. The second kappa shape index (κ2) is 9.01. The number of rotatable bonds is 6. The van der Waals surface area contributed by atoms with Gasteiger partial charge in [0.05, 0.1) is 18.2 Å². The summed E-state index contributed by atoms with van der Waals surface area (Å²) in [5, 5.41) is 6.11. The molecule has 0 radical (unpaired) electrons. The van der Waals surface area contributed by atoms with Gasteiger partial charge in [-0.1, -0.05) is 35.9 Å². The third-order valence-electron chi connectivity index (χ3n) is 3.99. The molecule has 1 aromatic heterocycles. The van der Waals surface area contributed by atoms with Gasteiger partial charge in [0.15, 0.2) is 0 Å². The van der Waals surface area contributed by atoms with Crippen molar-refractivity contribution in [1.29, 1.82) is 0 Å². The van der Waals surface area contributed by atoms with Gasteiger partial charge in [-0.05, 0) is 29.8 Å². The van der Waals surface area contributed by atoms with E-state index in [4.69, 9.17) is 16.3 Å². The number of methoxy groups -OCH3 is 1. The van der Waals surface area contributed by atoms with Gasteiger partial charge in [0.2, 0.25) is 0 Å². The molecule has 142 valence electrons. The van der Waals surface area contributed by atoms with E-state index >= 15 is 0 Å². The molecule has 0 atom stereocenters. The number of nitrogens with one attached hydrogen (secondary N) is 2. The van der Waals surface area contributed by atoms with Gasteiger partial charge in [-0.2, -0.15) is 0 Å². The number of nitrogens with zero attached hydrogens (tertiary/aromatic N) is 1. The molecular formula is C21H18ClN3O3. The molecule has 3 rings (SSSR count). The second-order valence-corrected chi connectivity index (χ2v) is 6.33. The molecule has 3 aromatic rings. The highest BCUT2D eigenvalue weighted by Gasteiger charge is 2.12. The van der Waals surface area contributed by atoms with Gasteiger partial charge in [0.1, 0.15) is 5.75 Å². The van der Waals surface area contributed by atoms with Gasteiger partial charge in [0, 0.05) is 35.7 Å². The van der Waals surface area contributed by atoms with Crippen molar-refractivity contribution in [3.63, 3.8) is 0 Å². The second-order valence-electron chi connectivity index (χ2n) is 5.92. The number of carbonyl (C=O) groups excluding carboxylic acids is 2. The number of carbonyl (C=O) groups is 2. The molecule has 1 heterocycles. The summed E-state index contributed by atoms with van der Waals surface area (Å²) in [6, 6.07) is 15.7. The molecule has 0 saturated heterocycles. The molecule has 2 aromatic carbocycles. The zero-order valence-corrected chi connectivity index (χ0v) is 15.9. The first-order valence-corrected chi connectivity index (χ1v) is 8.86. The molecule has 28 heavy (non-hydrogen) atoms. The van der Waals surface area contributed by atoms with E-state index in [1.54, 1.807) is 37.4 Å². The lowest BCUT2D eigenvalue weighted by Gasteiger charge is -2.09. The molecular weight excluding hydrogens is 378 g/mol. The summed E-state index contributed by atoms with van der Waals surface area (Å²) in [6.07, 6.45) is 2.81. The van der Waals surface area contributed by atoms with Crippen LogP contribution in [0.4, 0.5) is 5.69 Å². The fraction of sp³-hybridized carbons (Fsp3) is 0.0952. The Morgan fingerprint density at radius 2 is 1.75 bits per heavy atom. The summed E-state index contributed by atoms with van der Waals surface area (Å²) in [4.78, 5) is 28.9. The molecule has 0 bridgehead atoms. The Hall–Kier alpha value is -3.38. The van der Waals surface area contributed by atoms with Crippen LogP contribution in [0.15, 0.2) is 67.0 Å². The SMILES string of the molecule is COc1cccc(NC(=O)c2cncc(C(=O)NCc3ccccc3Cl)c2)c1. The van der Waals surface area contributed by atoms with E-state index in [1.807, 2.05) is 18.2 Å². The van der Waals surface area contributed by atoms with Crippen molar-refractivity contribution in [2.24, 2.45) is 0 Å². The number of anilines is 1. The summed E-state index contributed by atoms with van der Waals surface area (Å²) >= 11 is 6.09. The highest BCUT2D eigenvalue weighted by atomic mass is 35.5. The van der Waals surface area contributed by atoms with Crippen LogP contribution >= 0.6 is 11.6 Å². The Kier molecular flexibility index (Phi) is 6.24. The van der Waals surface area contributed by atoms with Crippen LogP contribution < -0.4 is 15.4 Å². The van der Waals surface area contributed by atoms with Crippen LogP contribution in [0.5, 0.6) is 5.75 Å². The Labute approximate surface area is 167 Å². The Morgan fingerprint density at radius 3 is 2.50 bits per heavy atom. The maximum atomic E-state index is 12.5. The molecule has 0 saturated carbocycles. The van der Waals surface area contributed by atoms with Crippen molar-refractivity contribution < 1.29 is 14.3 Å². The summed E-state index contributed by atoms with van der Waals surface area (Å²) in [5.41, 5.74) is 1.94. The first-order chi connectivity index (χ1) is 13.6. The van der Waals surface area contributed by atoms with Crippen LogP contribution in [-0.2, 0) is 6.54 Å². The highest BCUT2D eigenvalue weighted by Crippen LogP contribution is 2.18. The Bertz CT molecular complexity index is 1010. The molecule has 7 heteroatoms. The number of ether oxygens (including phenoxy) is 1. The summed E-state index contributed by atoms with van der Waals surface area (Å²) in [7, 11) is 1.55. The van der Waals surface area contributed by atoms with Gasteiger partial charge in [0.25, 0.3) is 11.8 Å². The fourth-order valence-corrected chi connectivity index (χ4v) is 2.71. The average Bonchev–Trinajstić information content (AvgIpc) is 2.73. The zero-order chi connectivity index (χ0) is 19.9. The fourth-order valence-electron chi connectivity index (χ4n) is 2.51. The van der Waals surface area contributed by atoms with E-state index < -0.39 is 0 Å². The molecule has 0 spiro atoms. The van der Waals surface area contributed by atoms with Crippen LogP contribution in [0.2, 0.25) is 5.02 Å². The molecule has 0 aliphatic heterocycles. The molecule has 2 amide bonds. The van der Waals surface area contributed by atoms with E-state index in [0.29, 0.717) is 16.5 Å². The van der Waals surface area contributed by atoms with Crippen LogP contribution in [0.25, 0.3) is 0 Å². The third-order valence-corrected chi connectivity index (χ3v) is 4.36. The van der Waals surface area contributed by atoms with E-state index in [2.05, 4.69) is 15.6 Å². The number of halogens is 1. The van der Waals surface area contributed by atoms with E-state index in [0.717, 1.165) is 5.56 Å². The molecule has 6 nitrogen and oxygen atoms in total. The van der Waals surface area contributed by atoms with Gasteiger partial charge in [-0.3, -0.25) is 14.6 Å². The number of hydrogen-bond acceptors (Lipinski definition) is 4. The summed E-state index contributed by atoms with van der Waals surface area (Å²) < 4.78 is 5.14. The van der Waals surface area contributed by atoms with Crippen LogP contribution in [0.1, 0.15) is 26.3 Å². The minimum Gasteiger partial charge on any atom is -0.497 e. The van der Waals surface area contributed by atoms with E-state index in [9.17, 15) is 9.59 Å². The molecule has 0 aliphatic carbocycles. The van der Waals surface area contributed by atoms with E-state index in [1.165, 1.54) is 18.5 Å². The van der Waals surface area contributed by atoms with Gasteiger partial charge >= 0.3 is 0 Å². The standard InChI is InChI=1S/C21H18ClN3O3/c1-28-18-7-4-6-17(10-18)25-21(27)16-9-15(11-23-12-16)20(26)24-13-14-5-2-3-8-19(14)22/h2-12H,13H2,1H3,(H,24,26)(H,25,27). The van der Waals surface area contributed by atoms with E-state index in [-0.39, 0.29) is 29.5 Å². The minimum atomic E-state index is -0.374. The maximum absolute atomic E-state index is 12.5. The van der Waals surface area contributed by atoms with Gasteiger partial charge < -0.3 is 15.4 Å². The first kappa shape index (κ1) is 19.4. The van der Waals surface area contributed by atoms with Crippen molar-refractivity contribution in [3.05, 3.63) is 88.7 Å². The van der Waals surface area contributed by atoms with Crippen molar-refractivity contribution in [3.8, 4) is 5.75 Å². The van der Waals surface area contributed by atoms with Crippen molar-refractivity contribution in [1.82, 2.24) is 10.3 Å². The van der Waals surface area contributed by atoms with Crippen LogP contribution in [0.3, 0.4) is 0 Å². The van der Waals surface area contributed by atoms with Crippen molar-refractivity contribution >= 4 is 29.1 Å². The summed E-state index contributed by atoms with van der Waals surface area (Å²) in [6.45, 7) is 0.277. The Balaban J connectivity index is 1.68. The topological polar surface area (TPSA) is 80.3 Å². The zero-order valence-electron chi connectivity index (χ0n) is 15.1. The number of pyridine rings is 1. The third kappa shape index (κ3) is 4.86. The average molecular weight is 396 g/mol. The first-order valence-electron chi connectivity index (χ1n) is 8.49. The van der Waals surface area contributed by atoms with Crippen molar-refractivity contribution in [2.75, 3.05) is 12.4 Å². The molecule has 0 unspecified atom stereocenters. The monoisotopic (exact) mass is 395 g/mol. The van der Waals surface area contributed by atoms with Crippen molar-refractivity contribution in [2.45, 2.75) is 6.54 Å². The van der Waals surface area contributed by atoms with Gasteiger partial charge in [-0.25, -0.2) is 0 Å². The Morgan fingerprint density at radius 1 is 1.00 bits per heavy atom.